The van der Waals surface area contributed by atoms with Crippen LogP contribution in [0, 0.1) is 5.82 Å². The molecule has 0 radical (unpaired) electrons. The molecule has 120 valence electrons. The van der Waals surface area contributed by atoms with Crippen LogP contribution in [0.2, 0.25) is 0 Å². The number of likely N-dealkylation sites (tertiary alicyclic amines) is 1. The molecular weight excluding hydrogens is 285 g/mol. The summed E-state index contributed by atoms with van der Waals surface area (Å²) in [6, 6.07) is 6.24. The zero-order valence-corrected chi connectivity index (χ0v) is 12.9. The molecule has 3 rings (SSSR count). The van der Waals surface area contributed by atoms with Crippen LogP contribution in [0.5, 0.6) is 0 Å². The molecule has 1 spiro atoms. The van der Waals surface area contributed by atoms with Gasteiger partial charge in [-0.1, -0.05) is 12.1 Å². The Morgan fingerprint density at radius 1 is 1.45 bits per heavy atom. The van der Waals surface area contributed by atoms with Gasteiger partial charge in [0.25, 0.3) is 0 Å². The average Bonchev–Trinajstić information content (AvgIpc) is 2.91. The van der Waals surface area contributed by atoms with Crippen molar-refractivity contribution < 1.29 is 18.7 Å². The summed E-state index contributed by atoms with van der Waals surface area (Å²) >= 11 is 0. The number of methoxy groups -OCH3 is 1. The molecule has 2 saturated heterocycles. The van der Waals surface area contributed by atoms with Crippen LogP contribution in [-0.4, -0.2) is 49.3 Å². The molecule has 0 saturated carbocycles. The molecule has 2 fully saturated rings. The fraction of sp³-hybridized carbons (Fsp3) is 0.588. The average molecular weight is 307 g/mol. The monoisotopic (exact) mass is 307 g/mol. The van der Waals surface area contributed by atoms with Crippen LogP contribution in [0.4, 0.5) is 4.39 Å². The molecule has 0 aromatic heterocycles. The van der Waals surface area contributed by atoms with Gasteiger partial charge in [-0.3, -0.25) is 4.79 Å². The highest BCUT2D eigenvalue weighted by atomic mass is 19.1. The van der Waals surface area contributed by atoms with E-state index in [0.717, 1.165) is 24.8 Å². The lowest BCUT2D eigenvalue weighted by atomic mass is 9.88. The van der Waals surface area contributed by atoms with Crippen molar-refractivity contribution in [3.63, 3.8) is 0 Å². The molecule has 1 aromatic carbocycles. The van der Waals surface area contributed by atoms with E-state index in [1.807, 2.05) is 4.90 Å². The van der Waals surface area contributed by atoms with Crippen molar-refractivity contribution in [2.24, 2.45) is 0 Å². The van der Waals surface area contributed by atoms with Crippen molar-refractivity contribution >= 4 is 5.91 Å². The molecule has 5 heteroatoms. The van der Waals surface area contributed by atoms with Crippen LogP contribution < -0.4 is 0 Å². The minimum Gasteiger partial charge on any atom is -0.379 e. The number of amides is 1. The summed E-state index contributed by atoms with van der Waals surface area (Å²) in [5.41, 5.74) is 0.609. The van der Waals surface area contributed by atoms with Gasteiger partial charge in [-0.15, -0.1) is 0 Å². The SMILES string of the molecule is CO[C@@H]1COC2(CCN(C(=O)Cc3cccc(F)c3)CC2)C1. The first-order valence-corrected chi connectivity index (χ1v) is 7.79. The van der Waals surface area contributed by atoms with E-state index in [4.69, 9.17) is 9.47 Å². The first kappa shape index (κ1) is 15.4. The van der Waals surface area contributed by atoms with Gasteiger partial charge in [0.2, 0.25) is 5.91 Å². The standard InChI is InChI=1S/C17H22FNO3/c1-21-15-11-17(22-12-15)5-7-19(8-6-17)16(20)10-13-3-2-4-14(18)9-13/h2-4,9,15H,5-8,10-12H2,1H3/t15-/m0/s1. The number of hydrogen-bond donors (Lipinski definition) is 0. The Labute approximate surface area is 130 Å². The molecule has 1 atom stereocenters. The van der Waals surface area contributed by atoms with Gasteiger partial charge in [0.05, 0.1) is 24.7 Å². The number of rotatable bonds is 3. The summed E-state index contributed by atoms with van der Waals surface area (Å²) in [5.74, 6) is -0.241. The summed E-state index contributed by atoms with van der Waals surface area (Å²) < 4.78 is 24.5. The van der Waals surface area contributed by atoms with E-state index in [1.54, 1.807) is 19.2 Å². The molecule has 1 amide bonds. The molecule has 2 heterocycles. The molecule has 1 aromatic rings. The number of halogens is 1. The van der Waals surface area contributed by atoms with Gasteiger partial charge in [0.15, 0.2) is 0 Å². The second kappa shape index (κ2) is 6.34. The summed E-state index contributed by atoms with van der Waals surface area (Å²) in [7, 11) is 1.71. The van der Waals surface area contributed by atoms with E-state index in [1.165, 1.54) is 12.1 Å². The first-order chi connectivity index (χ1) is 10.6. The molecule has 0 unspecified atom stereocenters. The maximum absolute atomic E-state index is 13.2. The highest BCUT2D eigenvalue weighted by molar-refractivity contribution is 5.78. The van der Waals surface area contributed by atoms with Gasteiger partial charge in [0.1, 0.15) is 5.82 Å². The van der Waals surface area contributed by atoms with Crippen LogP contribution in [-0.2, 0) is 20.7 Å². The van der Waals surface area contributed by atoms with Gasteiger partial charge in [-0.05, 0) is 30.5 Å². The van der Waals surface area contributed by atoms with Crippen LogP contribution >= 0.6 is 0 Å². The minimum absolute atomic E-state index is 0.0572. The summed E-state index contributed by atoms with van der Waals surface area (Å²) in [6.07, 6.45) is 3.04. The quantitative estimate of drug-likeness (QED) is 0.859. The fourth-order valence-electron chi connectivity index (χ4n) is 3.40. The number of carbonyl (C=O) groups excluding carboxylic acids is 1. The van der Waals surface area contributed by atoms with Gasteiger partial charge in [-0.25, -0.2) is 4.39 Å². The molecular formula is C17H22FNO3. The van der Waals surface area contributed by atoms with Crippen molar-refractivity contribution in [3.05, 3.63) is 35.6 Å². The number of nitrogens with zero attached hydrogens (tertiary/aromatic N) is 1. The summed E-state index contributed by atoms with van der Waals surface area (Å²) in [6.45, 7) is 2.04. The van der Waals surface area contributed by atoms with Crippen molar-refractivity contribution in [2.75, 3.05) is 26.8 Å². The van der Waals surface area contributed by atoms with Crippen LogP contribution in [0.1, 0.15) is 24.8 Å². The largest absolute Gasteiger partial charge is 0.379 e. The Balaban J connectivity index is 1.54. The molecule has 4 nitrogen and oxygen atoms in total. The lowest BCUT2D eigenvalue weighted by molar-refractivity contribution is -0.135. The topological polar surface area (TPSA) is 38.8 Å². The fourth-order valence-corrected chi connectivity index (χ4v) is 3.40. The third kappa shape index (κ3) is 3.31. The highest BCUT2D eigenvalue weighted by Gasteiger charge is 2.43. The normalized spacial score (nSPS) is 23.9. The van der Waals surface area contributed by atoms with E-state index in [-0.39, 0.29) is 29.9 Å². The van der Waals surface area contributed by atoms with Crippen molar-refractivity contribution in [2.45, 2.75) is 37.4 Å². The predicted molar refractivity (Wildman–Crippen MR) is 80.0 cm³/mol. The Morgan fingerprint density at radius 2 is 2.23 bits per heavy atom. The van der Waals surface area contributed by atoms with Crippen LogP contribution in [0.25, 0.3) is 0 Å². The Kier molecular flexibility index (Phi) is 4.45. The summed E-state index contributed by atoms with van der Waals surface area (Å²) in [5, 5.41) is 0. The summed E-state index contributed by atoms with van der Waals surface area (Å²) in [4.78, 5) is 14.2. The number of benzene rings is 1. The number of carbonyl (C=O) groups is 1. The molecule has 0 bridgehead atoms. The third-order valence-electron chi connectivity index (χ3n) is 4.78. The number of ether oxygens (including phenoxy) is 2. The second-order valence-corrected chi connectivity index (χ2v) is 6.24. The smallest absolute Gasteiger partial charge is 0.226 e. The minimum atomic E-state index is -0.298. The van der Waals surface area contributed by atoms with E-state index < -0.39 is 0 Å². The molecule has 0 aliphatic carbocycles. The molecule has 0 N–H and O–H groups in total. The zero-order valence-electron chi connectivity index (χ0n) is 12.9. The van der Waals surface area contributed by atoms with Crippen LogP contribution in [0.15, 0.2) is 24.3 Å². The molecule has 2 aliphatic heterocycles. The van der Waals surface area contributed by atoms with Crippen molar-refractivity contribution in [3.8, 4) is 0 Å². The van der Waals surface area contributed by atoms with Gasteiger partial charge in [-0.2, -0.15) is 0 Å². The Bertz CT molecular complexity index is 540. The van der Waals surface area contributed by atoms with Crippen LogP contribution in [0.3, 0.4) is 0 Å². The zero-order chi connectivity index (χ0) is 15.6. The highest BCUT2D eigenvalue weighted by Crippen LogP contribution is 2.36. The third-order valence-corrected chi connectivity index (χ3v) is 4.78. The molecule has 2 aliphatic rings. The number of hydrogen-bond acceptors (Lipinski definition) is 3. The van der Waals surface area contributed by atoms with Gasteiger partial charge in [0, 0.05) is 26.6 Å². The van der Waals surface area contributed by atoms with Crippen molar-refractivity contribution in [1.82, 2.24) is 4.90 Å². The lowest BCUT2D eigenvalue weighted by Crippen LogP contribution is -2.47. The lowest BCUT2D eigenvalue weighted by Gasteiger charge is -2.38. The predicted octanol–water partition coefficient (Wildman–Crippen LogP) is 2.16. The second-order valence-electron chi connectivity index (χ2n) is 6.24. The van der Waals surface area contributed by atoms with E-state index in [2.05, 4.69) is 0 Å². The van der Waals surface area contributed by atoms with Crippen molar-refractivity contribution in [1.29, 1.82) is 0 Å². The van der Waals surface area contributed by atoms with Gasteiger partial charge < -0.3 is 14.4 Å². The Morgan fingerprint density at radius 3 is 2.86 bits per heavy atom. The van der Waals surface area contributed by atoms with Gasteiger partial charge >= 0.3 is 0 Å². The van der Waals surface area contributed by atoms with E-state index in [0.29, 0.717) is 19.7 Å². The first-order valence-electron chi connectivity index (χ1n) is 7.79. The maximum atomic E-state index is 13.2. The van der Waals surface area contributed by atoms with E-state index in [9.17, 15) is 9.18 Å². The van der Waals surface area contributed by atoms with E-state index >= 15 is 0 Å². The molecule has 22 heavy (non-hydrogen) atoms. The Hall–Kier alpha value is -1.46. The maximum Gasteiger partial charge on any atom is 0.226 e. The number of piperidine rings is 1.